The smallest absolute Gasteiger partial charge is 0.239 e. The van der Waals surface area contributed by atoms with E-state index in [0.717, 1.165) is 38.4 Å². The van der Waals surface area contributed by atoms with E-state index in [1.165, 1.54) is 0 Å². The third-order valence-electron chi connectivity index (χ3n) is 2.31. The van der Waals surface area contributed by atoms with Crippen LogP contribution < -0.4 is 15.8 Å². The summed E-state index contributed by atoms with van der Waals surface area (Å²) in [5, 5.41) is 3.22. The van der Waals surface area contributed by atoms with Crippen molar-refractivity contribution >= 4 is 11.5 Å². The van der Waals surface area contributed by atoms with Crippen LogP contribution in [0.2, 0.25) is 0 Å². The number of nitrogens with one attached hydrogen (secondary N) is 1. The van der Waals surface area contributed by atoms with Gasteiger partial charge in [-0.1, -0.05) is 6.92 Å². The van der Waals surface area contributed by atoms with Crippen LogP contribution in [0.25, 0.3) is 0 Å². The summed E-state index contributed by atoms with van der Waals surface area (Å²) >= 11 is 0. The van der Waals surface area contributed by atoms with Gasteiger partial charge in [0.05, 0.1) is 12.3 Å². The first kappa shape index (κ1) is 14.6. The van der Waals surface area contributed by atoms with Gasteiger partial charge in [0.25, 0.3) is 0 Å². The normalized spacial score (nSPS) is 10.3. The standard InChI is InChI=1S/C13H23N3O2/c1-3-9-18-13-11(14)6-7-12(16-13)15-8-5-10-17-4-2/h6-7H,3-5,8-10,14H2,1-2H3,(H,15,16). The first-order valence-electron chi connectivity index (χ1n) is 6.48. The molecule has 1 aromatic rings. The number of ether oxygens (including phenoxy) is 2. The highest BCUT2D eigenvalue weighted by Gasteiger charge is 2.03. The highest BCUT2D eigenvalue weighted by Crippen LogP contribution is 2.20. The molecule has 0 bridgehead atoms. The average molecular weight is 253 g/mol. The fraction of sp³-hybridized carbons (Fsp3) is 0.615. The van der Waals surface area contributed by atoms with Crippen LogP contribution in [0, 0.1) is 0 Å². The van der Waals surface area contributed by atoms with E-state index in [1.807, 2.05) is 26.0 Å². The van der Waals surface area contributed by atoms with Gasteiger partial charge in [-0.2, -0.15) is 4.98 Å². The molecule has 0 aromatic carbocycles. The molecule has 1 aromatic heterocycles. The van der Waals surface area contributed by atoms with Crippen LogP contribution >= 0.6 is 0 Å². The molecule has 5 nitrogen and oxygen atoms in total. The zero-order chi connectivity index (χ0) is 13.2. The van der Waals surface area contributed by atoms with E-state index < -0.39 is 0 Å². The number of anilines is 2. The first-order chi connectivity index (χ1) is 8.77. The fourth-order valence-corrected chi connectivity index (χ4v) is 1.40. The SMILES string of the molecule is CCCOc1nc(NCCCOCC)ccc1N. The molecule has 0 saturated heterocycles. The summed E-state index contributed by atoms with van der Waals surface area (Å²) in [6.45, 7) is 7.01. The predicted octanol–water partition coefficient (Wildman–Crippen LogP) is 2.29. The first-order valence-corrected chi connectivity index (χ1v) is 6.48. The third-order valence-corrected chi connectivity index (χ3v) is 2.31. The van der Waals surface area contributed by atoms with Crippen molar-refractivity contribution in [2.75, 3.05) is 37.4 Å². The molecule has 0 aliphatic carbocycles. The van der Waals surface area contributed by atoms with Gasteiger partial charge in [-0.25, -0.2) is 0 Å². The lowest BCUT2D eigenvalue weighted by atomic mass is 10.4. The molecule has 0 unspecified atom stereocenters. The summed E-state index contributed by atoms with van der Waals surface area (Å²) in [6, 6.07) is 3.66. The van der Waals surface area contributed by atoms with Gasteiger partial charge in [-0.05, 0) is 31.9 Å². The Labute approximate surface area is 109 Å². The lowest BCUT2D eigenvalue weighted by Gasteiger charge is -2.10. The summed E-state index contributed by atoms with van der Waals surface area (Å²) in [5.74, 6) is 1.29. The van der Waals surface area contributed by atoms with Crippen LogP contribution in [0.5, 0.6) is 5.88 Å². The molecular weight excluding hydrogens is 230 g/mol. The second-order valence-corrected chi connectivity index (χ2v) is 3.92. The molecule has 0 fully saturated rings. The Morgan fingerprint density at radius 1 is 1.28 bits per heavy atom. The molecule has 0 atom stereocenters. The summed E-state index contributed by atoms with van der Waals surface area (Å²) in [4.78, 5) is 4.33. The van der Waals surface area contributed by atoms with Crippen LogP contribution in [-0.4, -0.2) is 31.3 Å². The summed E-state index contributed by atoms with van der Waals surface area (Å²) in [6.07, 6.45) is 1.89. The van der Waals surface area contributed by atoms with Gasteiger partial charge in [0.1, 0.15) is 5.82 Å². The molecule has 5 heteroatoms. The van der Waals surface area contributed by atoms with Crippen molar-refractivity contribution in [3.05, 3.63) is 12.1 Å². The average Bonchev–Trinajstić information content (AvgIpc) is 2.39. The quantitative estimate of drug-likeness (QED) is 0.661. The van der Waals surface area contributed by atoms with Gasteiger partial charge in [0.2, 0.25) is 5.88 Å². The Morgan fingerprint density at radius 2 is 2.11 bits per heavy atom. The second kappa shape index (κ2) is 8.58. The van der Waals surface area contributed by atoms with Crippen LogP contribution in [0.3, 0.4) is 0 Å². The third kappa shape index (κ3) is 5.23. The fourth-order valence-electron chi connectivity index (χ4n) is 1.40. The highest BCUT2D eigenvalue weighted by atomic mass is 16.5. The van der Waals surface area contributed by atoms with Gasteiger partial charge in [-0.3, -0.25) is 0 Å². The van der Waals surface area contributed by atoms with E-state index >= 15 is 0 Å². The Morgan fingerprint density at radius 3 is 2.83 bits per heavy atom. The lowest BCUT2D eigenvalue weighted by molar-refractivity contribution is 0.147. The maximum absolute atomic E-state index is 5.79. The molecular formula is C13H23N3O2. The second-order valence-electron chi connectivity index (χ2n) is 3.92. The largest absolute Gasteiger partial charge is 0.476 e. The molecule has 0 amide bonds. The van der Waals surface area contributed by atoms with Gasteiger partial charge in [0, 0.05) is 19.8 Å². The number of nitrogen functional groups attached to an aromatic ring is 1. The number of hydrogen-bond acceptors (Lipinski definition) is 5. The van der Waals surface area contributed by atoms with Gasteiger partial charge in [0.15, 0.2) is 0 Å². The molecule has 3 N–H and O–H groups in total. The zero-order valence-corrected chi connectivity index (χ0v) is 11.2. The molecule has 0 aliphatic rings. The molecule has 0 aliphatic heterocycles. The molecule has 0 spiro atoms. The van der Waals surface area contributed by atoms with Crippen LogP contribution in [-0.2, 0) is 4.74 Å². The Hall–Kier alpha value is -1.49. The number of hydrogen-bond donors (Lipinski definition) is 2. The predicted molar refractivity (Wildman–Crippen MR) is 74.0 cm³/mol. The number of nitrogens with two attached hydrogens (primary N) is 1. The summed E-state index contributed by atoms with van der Waals surface area (Å²) in [5.41, 5.74) is 6.36. The van der Waals surface area contributed by atoms with E-state index in [0.29, 0.717) is 18.2 Å². The minimum atomic E-state index is 0.506. The molecule has 102 valence electrons. The van der Waals surface area contributed by atoms with E-state index in [-0.39, 0.29) is 0 Å². The highest BCUT2D eigenvalue weighted by molar-refractivity contribution is 5.53. The van der Waals surface area contributed by atoms with Crippen molar-refractivity contribution in [2.45, 2.75) is 26.7 Å². The van der Waals surface area contributed by atoms with Gasteiger partial charge < -0.3 is 20.5 Å². The van der Waals surface area contributed by atoms with Crippen molar-refractivity contribution in [3.63, 3.8) is 0 Å². The Bertz CT molecular complexity index is 345. The minimum absolute atomic E-state index is 0.506. The van der Waals surface area contributed by atoms with Crippen molar-refractivity contribution < 1.29 is 9.47 Å². The van der Waals surface area contributed by atoms with Gasteiger partial charge >= 0.3 is 0 Å². The van der Waals surface area contributed by atoms with Crippen molar-refractivity contribution in [2.24, 2.45) is 0 Å². The maximum Gasteiger partial charge on any atom is 0.239 e. The number of aromatic nitrogens is 1. The maximum atomic E-state index is 5.79. The van der Waals surface area contributed by atoms with Crippen molar-refractivity contribution in [1.82, 2.24) is 4.98 Å². The number of rotatable bonds is 9. The van der Waals surface area contributed by atoms with Crippen molar-refractivity contribution in [1.29, 1.82) is 0 Å². The number of nitrogens with zero attached hydrogens (tertiary/aromatic N) is 1. The number of pyridine rings is 1. The zero-order valence-electron chi connectivity index (χ0n) is 11.2. The lowest BCUT2D eigenvalue weighted by Crippen LogP contribution is -2.08. The minimum Gasteiger partial charge on any atom is -0.476 e. The van der Waals surface area contributed by atoms with Gasteiger partial charge in [-0.15, -0.1) is 0 Å². The summed E-state index contributed by atoms with van der Waals surface area (Å²) < 4.78 is 10.7. The van der Waals surface area contributed by atoms with E-state index in [1.54, 1.807) is 0 Å². The molecule has 1 rings (SSSR count). The Kier molecular flexibility index (Phi) is 6.94. The van der Waals surface area contributed by atoms with Crippen LogP contribution in [0.15, 0.2) is 12.1 Å². The topological polar surface area (TPSA) is 69.4 Å². The molecule has 1 heterocycles. The van der Waals surface area contributed by atoms with Crippen LogP contribution in [0.4, 0.5) is 11.5 Å². The monoisotopic (exact) mass is 253 g/mol. The van der Waals surface area contributed by atoms with E-state index in [9.17, 15) is 0 Å². The van der Waals surface area contributed by atoms with E-state index in [2.05, 4.69) is 10.3 Å². The van der Waals surface area contributed by atoms with E-state index in [4.69, 9.17) is 15.2 Å². The summed E-state index contributed by atoms with van der Waals surface area (Å²) in [7, 11) is 0. The molecule has 18 heavy (non-hydrogen) atoms. The molecule has 0 radical (unpaired) electrons. The van der Waals surface area contributed by atoms with Crippen molar-refractivity contribution in [3.8, 4) is 5.88 Å². The molecule has 0 saturated carbocycles. The van der Waals surface area contributed by atoms with Crippen LogP contribution in [0.1, 0.15) is 26.7 Å². The Balaban J connectivity index is 2.40.